The predicted molar refractivity (Wildman–Crippen MR) is 84.9 cm³/mol. The maximum atomic E-state index is 10.4. The first-order chi connectivity index (χ1) is 9.47. The molecule has 1 saturated heterocycles. The minimum absolute atomic E-state index is 0.357. The predicted octanol–water partition coefficient (Wildman–Crippen LogP) is 3.70. The summed E-state index contributed by atoms with van der Waals surface area (Å²) >= 11 is 0. The quantitative estimate of drug-likeness (QED) is 0.905. The molecule has 1 N–H and O–H groups in total. The number of likely N-dealkylation sites (tertiary alicyclic amines) is 1. The highest BCUT2D eigenvalue weighted by Crippen LogP contribution is 2.26. The van der Waals surface area contributed by atoms with E-state index in [0.717, 1.165) is 37.0 Å². The van der Waals surface area contributed by atoms with Gasteiger partial charge in [-0.3, -0.25) is 0 Å². The molecule has 2 rings (SSSR count). The van der Waals surface area contributed by atoms with E-state index in [-0.39, 0.29) is 6.10 Å². The largest absolute Gasteiger partial charge is 0.387 e. The lowest BCUT2D eigenvalue weighted by molar-refractivity contribution is 0.0818. The summed E-state index contributed by atoms with van der Waals surface area (Å²) in [5.74, 6) is 1.66. The highest BCUT2D eigenvalue weighted by molar-refractivity contribution is 5.31. The number of benzene rings is 1. The third kappa shape index (κ3) is 3.83. The molecular weight excluding hydrogens is 246 g/mol. The van der Waals surface area contributed by atoms with Crippen LogP contribution in [0.1, 0.15) is 49.5 Å². The van der Waals surface area contributed by atoms with Crippen LogP contribution in [0.2, 0.25) is 0 Å². The number of hydrogen-bond donors (Lipinski definition) is 1. The van der Waals surface area contributed by atoms with Crippen molar-refractivity contribution in [1.29, 1.82) is 0 Å². The van der Waals surface area contributed by atoms with Gasteiger partial charge in [0, 0.05) is 6.54 Å². The Kier molecular flexibility index (Phi) is 5.22. The van der Waals surface area contributed by atoms with Crippen molar-refractivity contribution in [2.24, 2.45) is 11.8 Å². The standard InChI is InChI=1S/C18H29NO/c1-13(2)16-7-9-19(10-8-16)12-18(20)17-6-5-14(3)15(4)11-17/h5-6,11,13,16,18,20H,7-10,12H2,1-4H3. The molecule has 112 valence electrons. The average molecular weight is 275 g/mol. The summed E-state index contributed by atoms with van der Waals surface area (Å²) in [5.41, 5.74) is 3.61. The van der Waals surface area contributed by atoms with E-state index in [1.807, 2.05) is 0 Å². The van der Waals surface area contributed by atoms with Crippen LogP contribution < -0.4 is 0 Å². The number of piperidine rings is 1. The van der Waals surface area contributed by atoms with Gasteiger partial charge in [-0.05, 0) is 68.3 Å². The SMILES string of the molecule is Cc1ccc(C(O)CN2CCC(C(C)C)CC2)cc1C. The monoisotopic (exact) mass is 275 g/mol. The molecule has 1 aliphatic rings. The zero-order chi connectivity index (χ0) is 14.7. The number of hydrogen-bond acceptors (Lipinski definition) is 2. The molecule has 1 aliphatic heterocycles. The lowest BCUT2D eigenvalue weighted by Gasteiger charge is -2.34. The van der Waals surface area contributed by atoms with E-state index in [1.54, 1.807) is 0 Å². The van der Waals surface area contributed by atoms with Crippen LogP contribution in [-0.2, 0) is 0 Å². The molecule has 1 unspecified atom stereocenters. The Labute approximate surface area is 123 Å². The van der Waals surface area contributed by atoms with Crippen LogP contribution in [0, 0.1) is 25.7 Å². The number of aliphatic hydroxyl groups excluding tert-OH is 1. The summed E-state index contributed by atoms with van der Waals surface area (Å²) in [6.07, 6.45) is 2.19. The van der Waals surface area contributed by atoms with Crippen molar-refractivity contribution in [2.75, 3.05) is 19.6 Å². The number of nitrogens with zero attached hydrogens (tertiary/aromatic N) is 1. The van der Waals surface area contributed by atoms with Crippen molar-refractivity contribution in [2.45, 2.75) is 46.6 Å². The van der Waals surface area contributed by atoms with Gasteiger partial charge in [0.1, 0.15) is 0 Å². The average Bonchev–Trinajstić information content (AvgIpc) is 2.42. The normalized spacial score (nSPS) is 19.5. The first kappa shape index (κ1) is 15.5. The second-order valence-corrected chi connectivity index (χ2v) is 6.74. The molecule has 0 bridgehead atoms. The van der Waals surface area contributed by atoms with Crippen LogP contribution in [0.15, 0.2) is 18.2 Å². The van der Waals surface area contributed by atoms with Crippen molar-refractivity contribution in [3.63, 3.8) is 0 Å². The fraction of sp³-hybridized carbons (Fsp3) is 0.667. The van der Waals surface area contributed by atoms with Crippen molar-refractivity contribution in [3.8, 4) is 0 Å². The molecule has 0 radical (unpaired) electrons. The van der Waals surface area contributed by atoms with Gasteiger partial charge in [-0.2, -0.15) is 0 Å². The van der Waals surface area contributed by atoms with Crippen molar-refractivity contribution >= 4 is 0 Å². The molecule has 1 aromatic carbocycles. The van der Waals surface area contributed by atoms with E-state index in [4.69, 9.17) is 0 Å². The summed E-state index contributed by atoms with van der Waals surface area (Å²) in [7, 11) is 0. The Balaban J connectivity index is 1.89. The third-order valence-electron chi connectivity index (χ3n) is 4.92. The van der Waals surface area contributed by atoms with Crippen molar-refractivity contribution < 1.29 is 5.11 Å². The molecule has 1 heterocycles. The van der Waals surface area contributed by atoms with Gasteiger partial charge in [0.2, 0.25) is 0 Å². The Hall–Kier alpha value is -0.860. The highest BCUT2D eigenvalue weighted by atomic mass is 16.3. The van der Waals surface area contributed by atoms with Crippen LogP contribution in [0.4, 0.5) is 0 Å². The third-order valence-corrected chi connectivity index (χ3v) is 4.92. The van der Waals surface area contributed by atoms with E-state index in [0.29, 0.717) is 0 Å². The van der Waals surface area contributed by atoms with Crippen LogP contribution in [0.25, 0.3) is 0 Å². The Morgan fingerprint density at radius 3 is 2.35 bits per heavy atom. The second-order valence-electron chi connectivity index (χ2n) is 6.74. The van der Waals surface area contributed by atoms with Gasteiger partial charge < -0.3 is 10.0 Å². The van der Waals surface area contributed by atoms with Gasteiger partial charge >= 0.3 is 0 Å². The fourth-order valence-corrected chi connectivity index (χ4v) is 3.12. The molecule has 0 saturated carbocycles. The van der Waals surface area contributed by atoms with E-state index >= 15 is 0 Å². The zero-order valence-corrected chi connectivity index (χ0v) is 13.4. The molecule has 1 fully saturated rings. The van der Waals surface area contributed by atoms with Gasteiger partial charge in [0.15, 0.2) is 0 Å². The van der Waals surface area contributed by atoms with Gasteiger partial charge in [-0.15, -0.1) is 0 Å². The molecule has 0 aliphatic carbocycles. The van der Waals surface area contributed by atoms with Crippen molar-refractivity contribution in [3.05, 3.63) is 34.9 Å². The lowest BCUT2D eigenvalue weighted by atomic mass is 9.86. The molecule has 2 nitrogen and oxygen atoms in total. The topological polar surface area (TPSA) is 23.5 Å². The molecule has 2 heteroatoms. The number of β-amino-alcohol motifs (C(OH)–C–C–N with tert-alkyl or cyclic N) is 1. The van der Waals surface area contributed by atoms with Gasteiger partial charge in [0.05, 0.1) is 6.10 Å². The summed E-state index contributed by atoms with van der Waals surface area (Å²) in [4.78, 5) is 2.42. The highest BCUT2D eigenvalue weighted by Gasteiger charge is 2.23. The maximum absolute atomic E-state index is 10.4. The summed E-state index contributed by atoms with van der Waals surface area (Å²) in [5, 5.41) is 10.4. The first-order valence-electron chi connectivity index (χ1n) is 7.95. The van der Waals surface area contributed by atoms with Gasteiger partial charge in [-0.25, -0.2) is 0 Å². The summed E-state index contributed by atoms with van der Waals surface area (Å²) in [6.45, 7) is 11.9. The molecule has 20 heavy (non-hydrogen) atoms. The summed E-state index contributed by atoms with van der Waals surface area (Å²) < 4.78 is 0. The van der Waals surface area contributed by atoms with Gasteiger partial charge in [0.25, 0.3) is 0 Å². The van der Waals surface area contributed by atoms with E-state index in [2.05, 4.69) is 50.8 Å². The molecule has 1 atom stereocenters. The number of rotatable bonds is 4. The molecule has 0 spiro atoms. The fourth-order valence-electron chi connectivity index (χ4n) is 3.12. The Morgan fingerprint density at radius 1 is 1.15 bits per heavy atom. The molecular formula is C18H29NO. The maximum Gasteiger partial charge on any atom is 0.0917 e. The number of aryl methyl sites for hydroxylation is 2. The summed E-state index contributed by atoms with van der Waals surface area (Å²) in [6, 6.07) is 6.30. The zero-order valence-electron chi connectivity index (χ0n) is 13.4. The van der Waals surface area contributed by atoms with E-state index in [9.17, 15) is 5.11 Å². The van der Waals surface area contributed by atoms with Gasteiger partial charge in [-0.1, -0.05) is 32.0 Å². The van der Waals surface area contributed by atoms with Crippen LogP contribution in [0.5, 0.6) is 0 Å². The Bertz CT molecular complexity index is 433. The smallest absolute Gasteiger partial charge is 0.0917 e. The minimum Gasteiger partial charge on any atom is -0.387 e. The van der Waals surface area contributed by atoms with Crippen molar-refractivity contribution in [1.82, 2.24) is 4.90 Å². The van der Waals surface area contributed by atoms with E-state index < -0.39 is 0 Å². The van der Waals surface area contributed by atoms with Crippen LogP contribution >= 0.6 is 0 Å². The van der Waals surface area contributed by atoms with Crippen LogP contribution in [-0.4, -0.2) is 29.6 Å². The lowest BCUT2D eigenvalue weighted by Crippen LogP contribution is -2.37. The molecule has 0 amide bonds. The number of aliphatic hydroxyl groups is 1. The first-order valence-corrected chi connectivity index (χ1v) is 7.95. The Morgan fingerprint density at radius 2 is 1.80 bits per heavy atom. The second kappa shape index (κ2) is 6.73. The molecule has 0 aromatic heterocycles. The van der Waals surface area contributed by atoms with Crippen LogP contribution in [0.3, 0.4) is 0 Å². The molecule has 1 aromatic rings. The van der Waals surface area contributed by atoms with E-state index in [1.165, 1.54) is 24.0 Å². The minimum atomic E-state index is -0.357.